The fourth-order valence-electron chi connectivity index (χ4n) is 4.13. The second kappa shape index (κ2) is 10.1. The highest BCUT2D eigenvalue weighted by Gasteiger charge is 2.48. The molecule has 184 valence electrons. The molecule has 1 saturated heterocycles. The number of esters is 1. The van der Waals surface area contributed by atoms with E-state index in [9.17, 15) is 19.5 Å². The maximum Gasteiger partial charge on any atom is 0.337 e. The minimum absolute atomic E-state index is 0.136. The predicted octanol–water partition coefficient (Wildman–Crippen LogP) is 4.77. The molecule has 0 saturated carbocycles. The van der Waals surface area contributed by atoms with E-state index in [1.54, 1.807) is 30.3 Å². The number of hydrogen-bond acceptors (Lipinski definition) is 7. The standard InChI is InChI=1S/C27H22ClNO7/c1-34-20-7-5-4-6-18(20)23-22(24(30)16-10-13-21(35-2)19(28)14-16)25(31)26(32)29(23)17-11-8-15(9-12-17)27(33)36-3/h4-14,23,30H,1-3H3/b24-22+. The van der Waals surface area contributed by atoms with Gasteiger partial charge < -0.3 is 19.3 Å². The van der Waals surface area contributed by atoms with Gasteiger partial charge in [-0.3, -0.25) is 14.5 Å². The topological polar surface area (TPSA) is 102 Å². The van der Waals surface area contributed by atoms with Crippen LogP contribution in [0.15, 0.2) is 72.3 Å². The molecule has 1 amide bonds. The van der Waals surface area contributed by atoms with Gasteiger partial charge in [-0.05, 0) is 48.5 Å². The van der Waals surface area contributed by atoms with Crippen LogP contribution >= 0.6 is 11.6 Å². The van der Waals surface area contributed by atoms with E-state index in [0.29, 0.717) is 22.7 Å². The molecule has 1 aliphatic heterocycles. The first-order valence-electron chi connectivity index (χ1n) is 10.8. The highest BCUT2D eigenvalue weighted by Crippen LogP contribution is 2.45. The van der Waals surface area contributed by atoms with Gasteiger partial charge in [0.25, 0.3) is 11.7 Å². The summed E-state index contributed by atoms with van der Waals surface area (Å²) in [7, 11) is 4.20. The molecule has 3 aromatic carbocycles. The van der Waals surface area contributed by atoms with Crippen LogP contribution in [0.3, 0.4) is 0 Å². The van der Waals surface area contributed by atoms with Crippen LogP contribution in [0.2, 0.25) is 5.02 Å². The number of carbonyl (C=O) groups excluding carboxylic acids is 3. The average Bonchev–Trinajstić information content (AvgIpc) is 3.17. The number of benzene rings is 3. The van der Waals surface area contributed by atoms with E-state index >= 15 is 0 Å². The van der Waals surface area contributed by atoms with Crippen LogP contribution in [0.4, 0.5) is 5.69 Å². The molecule has 1 N–H and O–H groups in total. The number of aliphatic hydroxyl groups is 1. The summed E-state index contributed by atoms with van der Waals surface area (Å²) in [5, 5.41) is 11.5. The first kappa shape index (κ1) is 24.8. The Morgan fingerprint density at radius 1 is 0.889 bits per heavy atom. The fourth-order valence-corrected chi connectivity index (χ4v) is 4.39. The third-order valence-corrected chi connectivity index (χ3v) is 6.17. The van der Waals surface area contributed by atoms with Gasteiger partial charge in [0.1, 0.15) is 17.3 Å². The van der Waals surface area contributed by atoms with Crippen molar-refractivity contribution in [2.24, 2.45) is 0 Å². The number of ether oxygens (including phenoxy) is 3. The van der Waals surface area contributed by atoms with Crippen molar-refractivity contribution in [2.45, 2.75) is 6.04 Å². The van der Waals surface area contributed by atoms with Crippen molar-refractivity contribution in [2.75, 3.05) is 26.2 Å². The monoisotopic (exact) mass is 507 g/mol. The summed E-state index contributed by atoms with van der Waals surface area (Å²) < 4.78 is 15.4. The molecule has 4 rings (SSSR count). The maximum atomic E-state index is 13.3. The molecule has 8 nitrogen and oxygen atoms in total. The Morgan fingerprint density at radius 2 is 1.53 bits per heavy atom. The molecular weight excluding hydrogens is 486 g/mol. The van der Waals surface area contributed by atoms with Crippen molar-refractivity contribution in [3.63, 3.8) is 0 Å². The summed E-state index contributed by atoms with van der Waals surface area (Å²) in [5.41, 5.74) is 1.20. The van der Waals surface area contributed by atoms with Crippen molar-refractivity contribution in [1.82, 2.24) is 0 Å². The molecule has 36 heavy (non-hydrogen) atoms. The number of para-hydroxylation sites is 1. The number of halogens is 1. The summed E-state index contributed by atoms with van der Waals surface area (Å²) in [4.78, 5) is 39.8. The molecule has 0 aliphatic carbocycles. The normalized spacial score (nSPS) is 16.7. The third kappa shape index (κ3) is 4.27. The fraction of sp³-hybridized carbons (Fsp3) is 0.148. The second-order valence-electron chi connectivity index (χ2n) is 7.80. The number of nitrogens with zero attached hydrogens (tertiary/aromatic N) is 1. The lowest BCUT2D eigenvalue weighted by Gasteiger charge is -2.26. The number of Topliss-reactive ketones (excluding diaryl/α,β-unsaturated/α-hetero) is 1. The molecule has 1 heterocycles. The van der Waals surface area contributed by atoms with E-state index in [-0.39, 0.29) is 21.7 Å². The zero-order chi connectivity index (χ0) is 26.0. The van der Waals surface area contributed by atoms with E-state index in [4.69, 9.17) is 25.8 Å². The number of aliphatic hydroxyl groups excluding tert-OH is 1. The largest absolute Gasteiger partial charge is 0.507 e. The summed E-state index contributed by atoms with van der Waals surface area (Å²) in [6.07, 6.45) is 0. The number of anilines is 1. The Bertz CT molecular complexity index is 1380. The van der Waals surface area contributed by atoms with E-state index in [1.807, 2.05) is 0 Å². The van der Waals surface area contributed by atoms with Crippen LogP contribution in [-0.4, -0.2) is 44.1 Å². The van der Waals surface area contributed by atoms with Gasteiger partial charge in [0.15, 0.2) is 0 Å². The van der Waals surface area contributed by atoms with Crippen LogP contribution in [0.1, 0.15) is 27.5 Å². The van der Waals surface area contributed by atoms with Crippen molar-refractivity contribution >= 4 is 40.7 Å². The third-order valence-electron chi connectivity index (χ3n) is 5.87. The van der Waals surface area contributed by atoms with E-state index < -0.39 is 29.5 Å². The number of rotatable bonds is 6. The van der Waals surface area contributed by atoms with Crippen LogP contribution in [0.25, 0.3) is 5.76 Å². The van der Waals surface area contributed by atoms with Gasteiger partial charge in [0.2, 0.25) is 0 Å². The lowest BCUT2D eigenvalue weighted by Crippen LogP contribution is -2.29. The molecule has 9 heteroatoms. The zero-order valence-corrected chi connectivity index (χ0v) is 20.4. The van der Waals surface area contributed by atoms with Crippen LogP contribution in [0.5, 0.6) is 11.5 Å². The number of ketones is 1. The first-order valence-corrected chi connectivity index (χ1v) is 11.2. The molecule has 0 radical (unpaired) electrons. The Kier molecular flexibility index (Phi) is 6.98. The Morgan fingerprint density at radius 3 is 2.14 bits per heavy atom. The van der Waals surface area contributed by atoms with Gasteiger partial charge in [0, 0.05) is 16.8 Å². The molecule has 3 aromatic rings. The summed E-state index contributed by atoms with van der Waals surface area (Å²) in [5.74, 6) is -1.87. The average molecular weight is 508 g/mol. The minimum atomic E-state index is -1.02. The van der Waals surface area contributed by atoms with Crippen LogP contribution < -0.4 is 14.4 Å². The molecular formula is C27H22ClNO7. The number of methoxy groups -OCH3 is 3. The zero-order valence-electron chi connectivity index (χ0n) is 19.7. The van der Waals surface area contributed by atoms with Crippen LogP contribution in [0, 0.1) is 0 Å². The number of amides is 1. The number of carbonyl (C=O) groups is 3. The van der Waals surface area contributed by atoms with Gasteiger partial charge in [-0.25, -0.2) is 4.79 Å². The lowest BCUT2D eigenvalue weighted by atomic mass is 9.94. The van der Waals surface area contributed by atoms with E-state index in [2.05, 4.69) is 0 Å². The highest BCUT2D eigenvalue weighted by atomic mass is 35.5. The Hall–Kier alpha value is -4.30. The van der Waals surface area contributed by atoms with E-state index in [0.717, 1.165) is 0 Å². The summed E-state index contributed by atoms with van der Waals surface area (Å²) in [6, 6.07) is 16.5. The molecule has 1 aliphatic rings. The van der Waals surface area contributed by atoms with Gasteiger partial charge in [-0.2, -0.15) is 0 Å². The van der Waals surface area contributed by atoms with Crippen molar-refractivity contribution in [3.05, 3.63) is 94.0 Å². The molecule has 1 unspecified atom stereocenters. The van der Waals surface area contributed by atoms with Gasteiger partial charge in [0.05, 0.1) is 43.5 Å². The van der Waals surface area contributed by atoms with Crippen molar-refractivity contribution in [1.29, 1.82) is 0 Å². The van der Waals surface area contributed by atoms with Crippen LogP contribution in [-0.2, 0) is 14.3 Å². The van der Waals surface area contributed by atoms with Gasteiger partial charge >= 0.3 is 5.97 Å². The molecule has 1 fully saturated rings. The predicted molar refractivity (Wildman–Crippen MR) is 134 cm³/mol. The maximum absolute atomic E-state index is 13.3. The van der Waals surface area contributed by atoms with Crippen molar-refractivity contribution in [3.8, 4) is 11.5 Å². The lowest BCUT2D eigenvalue weighted by molar-refractivity contribution is -0.132. The van der Waals surface area contributed by atoms with Gasteiger partial charge in [-0.1, -0.05) is 29.8 Å². The van der Waals surface area contributed by atoms with E-state index in [1.165, 1.54) is 62.6 Å². The summed E-state index contributed by atoms with van der Waals surface area (Å²) >= 11 is 6.24. The van der Waals surface area contributed by atoms with Crippen molar-refractivity contribution < 1.29 is 33.7 Å². The smallest absolute Gasteiger partial charge is 0.337 e. The molecule has 0 spiro atoms. The van der Waals surface area contributed by atoms with Gasteiger partial charge in [-0.15, -0.1) is 0 Å². The Balaban J connectivity index is 1.93. The molecule has 1 atom stereocenters. The number of hydrogen-bond donors (Lipinski definition) is 1. The highest BCUT2D eigenvalue weighted by molar-refractivity contribution is 6.51. The first-order chi connectivity index (χ1) is 17.3. The SMILES string of the molecule is COC(=O)c1ccc(N2C(=O)C(=O)/C(=C(/O)c3ccc(OC)c(Cl)c3)C2c2ccccc2OC)cc1. The quantitative estimate of drug-likeness (QED) is 0.222. The molecule has 0 aromatic heterocycles. The minimum Gasteiger partial charge on any atom is -0.507 e. The molecule has 0 bridgehead atoms. The second-order valence-corrected chi connectivity index (χ2v) is 8.21. The summed E-state index contributed by atoms with van der Waals surface area (Å²) in [6.45, 7) is 0. The Labute approximate surface area is 212 Å².